The van der Waals surface area contributed by atoms with Gasteiger partial charge in [0.1, 0.15) is 0 Å². The molecule has 47 heavy (non-hydrogen) atoms. The third kappa shape index (κ3) is 8.28. The number of thiophene rings is 3. The van der Waals surface area contributed by atoms with Gasteiger partial charge in [-0.3, -0.25) is 9.80 Å². The molecule has 0 saturated carbocycles. The van der Waals surface area contributed by atoms with E-state index in [-0.39, 0.29) is 0 Å². The maximum atomic E-state index is 5.62. The summed E-state index contributed by atoms with van der Waals surface area (Å²) < 4.78 is 11.2. The third-order valence-corrected chi connectivity index (χ3v) is 14.4. The molecule has 2 aliphatic heterocycles. The Kier molecular flexibility index (Phi) is 11.6. The van der Waals surface area contributed by atoms with Gasteiger partial charge in [0.2, 0.25) is 0 Å². The first-order chi connectivity index (χ1) is 23.2. The number of ether oxygens (including phenoxy) is 2. The lowest BCUT2D eigenvalue weighted by molar-refractivity contribution is 0.0384. The molecule has 3 aromatic heterocycles. The molecule has 0 radical (unpaired) electrons. The molecule has 0 atom stereocenters. The number of thioether (sulfide) groups is 2. The van der Waals surface area contributed by atoms with Crippen molar-refractivity contribution in [3.63, 3.8) is 0 Å². The van der Waals surface area contributed by atoms with E-state index in [0.717, 1.165) is 78.5 Å². The fraction of sp³-hybridized carbons (Fsp3) is 0.368. The number of hydrogen-bond acceptors (Lipinski definition) is 9. The van der Waals surface area contributed by atoms with E-state index >= 15 is 0 Å². The van der Waals surface area contributed by atoms with Crippen molar-refractivity contribution in [2.45, 2.75) is 22.6 Å². The van der Waals surface area contributed by atoms with E-state index in [0.29, 0.717) is 0 Å². The summed E-state index contributed by atoms with van der Waals surface area (Å²) in [4.78, 5) is 16.1. The van der Waals surface area contributed by atoms with Crippen LogP contribution in [0.3, 0.4) is 0 Å². The van der Waals surface area contributed by atoms with Gasteiger partial charge < -0.3 is 9.47 Å². The molecule has 0 amide bonds. The standard InChI is InChI=1S/C38H42N2O2S5/c1-43-31-7-3-27(4-8-31)35-25-29(13-15-39-17-21-41-22-18-39)37(46-35)33-11-12-34(45-33)38-30(14-16-40-19-23-42-24-20-40)26-36(47-38)28-5-9-32(44-2)10-6-28/h3-12,25-26H,13-24H2,1-2H3. The second-order valence-corrected chi connectivity index (χ2v) is 16.9. The van der Waals surface area contributed by atoms with Crippen LogP contribution in [-0.4, -0.2) is 88.0 Å². The molecule has 0 bridgehead atoms. The van der Waals surface area contributed by atoms with Crippen molar-refractivity contribution >= 4 is 57.5 Å². The normalized spacial score (nSPS) is 16.2. The van der Waals surface area contributed by atoms with Gasteiger partial charge in [-0.1, -0.05) is 24.3 Å². The minimum atomic E-state index is 0.843. The van der Waals surface area contributed by atoms with Gasteiger partial charge in [0, 0.05) is 78.3 Å². The summed E-state index contributed by atoms with van der Waals surface area (Å²) in [6.07, 6.45) is 6.40. The average molecular weight is 719 g/mol. The quantitative estimate of drug-likeness (QED) is 0.119. The van der Waals surface area contributed by atoms with E-state index in [4.69, 9.17) is 9.47 Å². The third-order valence-electron chi connectivity index (χ3n) is 9.02. The monoisotopic (exact) mass is 718 g/mol. The molecule has 0 N–H and O–H groups in total. The van der Waals surface area contributed by atoms with Crippen molar-refractivity contribution < 1.29 is 9.47 Å². The molecular formula is C38H42N2O2S5. The zero-order valence-electron chi connectivity index (χ0n) is 27.2. The van der Waals surface area contributed by atoms with Crippen LogP contribution in [0, 0.1) is 0 Å². The van der Waals surface area contributed by atoms with Gasteiger partial charge in [-0.25, -0.2) is 0 Å². The summed E-state index contributed by atoms with van der Waals surface area (Å²) in [7, 11) is 0. The maximum Gasteiger partial charge on any atom is 0.0594 e. The number of hydrogen-bond donors (Lipinski definition) is 0. The second-order valence-electron chi connectivity index (χ2n) is 12.0. The summed E-state index contributed by atoms with van der Waals surface area (Å²) in [5.41, 5.74) is 5.55. The molecule has 0 aliphatic carbocycles. The Labute approximate surface area is 300 Å². The molecule has 246 valence electrons. The largest absolute Gasteiger partial charge is 0.379 e. The van der Waals surface area contributed by atoms with Crippen molar-refractivity contribution in [2.75, 3.05) is 78.2 Å². The Morgan fingerprint density at radius 2 is 0.936 bits per heavy atom. The highest BCUT2D eigenvalue weighted by Gasteiger charge is 2.20. The van der Waals surface area contributed by atoms with Gasteiger partial charge in [0.05, 0.1) is 26.4 Å². The minimum Gasteiger partial charge on any atom is -0.379 e. The van der Waals surface area contributed by atoms with E-state index in [1.807, 2.05) is 34.0 Å². The Hall–Kier alpha value is -1.92. The topological polar surface area (TPSA) is 24.9 Å². The van der Waals surface area contributed by atoms with E-state index in [2.05, 4.69) is 95.1 Å². The Bertz CT molecular complexity index is 1600. The fourth-order valence-corrected chi connectivity index (χ4v) is 10.8. The Balaban J connectivity index is 1.20. The summed E-state index contributed by atoms with van der Waals surface area (Å²) in [6.45, 7) is 9.63. The summed E-state index contributed by atoms with van der Waals surface area (Å²) in [5, 5.41) is 0. The van der Waals surface area contributed by atoms with Crippen LogP contribution in [-0.2, 0) is 22.3 Å². The van der Waals surface area contributed by atoms with Crippen LogP contribution >= 0.6 is 57.5 Å². The number of morpholine rings is 2. The lowest BCUT2D eigenvalue weighted by Gasteiger charge is -2.26. The summed E-state index contributed by atoms with van der Waals surface area (Å²) in [5.74, 6) is 0. The molecule has 9 heteroatoms. The lowest BCUT2D eigenvalue weighted by Crippen LogP contribution is -2.37. The first-order valence-corrected chi connectivity index (χ1v) is 21.3. The van der Waals surface area contributed by atoms with Crippen molar-refractivity contribution in [3.8, 4) is 40.4 Å². The smallest absolute Gasteiger partial charge is 0.0594 e. The van der Waals surface area contributed by atoms with Crippen molar-refractivity contribution in [1.29, 1.82) is 0 Å². The van der Waals surface area contributed by atoms with Gasteiger partial charge in [-0.2, -0.15) is 0 Å². The first-order valence-electron chi connectivity index (χ1n) is 16.4. The molecular weight excluding hydrogens is 677 g/mol. The summed E-state index contributed by atoms with van der Waals surface area (Å²) >= 11 is 9.47. The van der Waals surface area contributed by atoms with Gasteiger partial charge in [-0.05, 0) is 96.1 Å². The highest BCUT2D eigenvalue weighted by molar-refractivity contribution is 7.98. The molecule has 2 aromatic carbocycles. The molecule has 0 spiro atoms. The van der Waals surface area contributed by atoms with Gasteiger partial charge in [0.25, 0.3) is 0 Å². The SMILES string of the molecule is CSc1ccc(-c2cc(CCN3CCOCC3)c(-c3ccc(-c4sc(-c5ccc(SC)cc5)cc4CCN4CCOCC4)s3)s2)cc1. The summed E-state index contributed by atoms with van der Waals surface area (Å²) in [6, 6.07) is 27.8. The molecule has 5 aromatic rings. The van der Waals surface area contributed by atoms with Gasteiger partial charge in [0.15, 0.2) is 0 Å². The number of benzene rings is 2. The van der Waals surface area contributed by atoms with Crippen LogP contribution in [0.25, 0.3) is 40.4 Å². The highest BCUT2D eigenvalue weighted by Crippen LogP contribution is 2.47. The average Bonchev–Trinajstić information content (AvgIpc) is 3.90. The highest BCUT2D eigenvalue weighted by atomic mass is 32.2. The number of rotatable bonds is 12. The zero-order valence-corrected chi connectivity index (χ0v) is 31.2. The fourth-order valence-electron chi connectivity index (χ4n) is 6.23. The molecule has 2 fully saturated rings. The predicted molar refractivity (Wildman–Crippen MR) is 207 cm³/mol. The van der Waals surface area contributed by atoms with Crippen molar-refractivity contribution in [1.82, 2.24) is 9.80 Å². The molecule has 4 nitrogen and oxygen atoms in total. The zero-order chi connectivity index (χ0) is 32.0. The molecule has 7 rings (SSSR count). The van der Waals surface area contributed by atoms with Crippen LogP contribution in [0.1, 0.15) is 11.1 Å². The Morgan fingerprint density at radius 1 is 0.532 bits per heavy atom. The number of nitrogens with zero attached hydrogens (tertiary/aromatic N) is 2. The first kappa shape index (κ1) is 33.6. The molecule has 0 unspecified atom stereocenters. The lowest BCUT2D eigenvalue weighted by atomic mass is 10.1. The van der Waals surface area contributed by atoms with Gasteiger partial charge >= 0.3 is 0 Å². The second kappa shape index (κ2) is 16.2. The minimum absolute atomic E-state index is 0.843. The van der Waals surface area contributed by atoms with E-state index < -0.39 is 0 Å². The van der Waals surface area contributed by atoms with Crippen LogP contribution < -0.4 is 0 Å². The van der Waals surface area contributed by atoms with E-state index in [9.17, 15) is 0 Å². The van der Waals surface area contributed by atoms with Crippen LogP contribution in [0.2, 0.25) is 0 Å². The predicted octanol–water partition coefficient (Wildman–Crippen LogP) is 9.73. The van der Waals surface area contributed by atoms with Crippen molar-refractivity contribution in [2.24, 2.45) is 0 Å². The van der Waals surface area contributed by atoms with Crippen LogP contribution in [0.4, 0.5) is 0 Å². The molecule has 5 heterocycles. The van der Waals surface area contributed by atoms with Crippen LogP contribution in [0.5, 0.6) is 0 Å². The molecule has 2 aliphatic rings. The van der Waals surface area contributed by atoms with Gasteiger partial charge in [-0.15, -0.1) is 57.5 Å². The van der Waals surface area contributed by atoms with Crippen LogP contribution in [0.15, 0.2) is 82.6 Å². The van der Waals surface area contributed by atoms with E-state index in [1.54, 1.807) is 23.5 Å². The van der Waals surface area contributed by atoms with E-state index in [1.165, 1.54) is 61.3 Å². The van der Waals surface area contributed by atoms with Crippen molar-refractivity contribution in [3.05, 3.63) is 83.9 Å². The molecule has 2 saturated heterocycles. The maximum absolute atomic E-state index is 5.62. The Morgan fingerprint density at radius 3 is 1.32 bits per heavy atom.